The fraction of sp³-hybridized carbons (Fsp3) is 0.125. The van der Waals surface area contributed by atoms with Crippen LogP contribution in [0, 0.1) is 11.6 Å². The van der Waals surface area contributed by atoms with Gasteiger partial charge in [0.1, 0.15) is 11.6 Å². The SMILES string of the molecule is CN/N=C/c1cc(F)cc(F)c1. The van der Waals surface area contributed by atoms with Gasteiger partial charge in [-0.15, -0.1) is 0 Å². The fourth-order valence-electron chi connectivity index (χ4n) is 0.789. The zero-order valence-corrected chi connectivity index (χ0v) is 6.51. The molecule has 0 aliphatic carbocycles. The van der Waals surface area contributed by atoms with E-state index in [-0.39, 0.29) is 0 Å². The lowest BCUT2D eigenvalue weighted by atomic mass is 10.2. The second-order valence-corrected chi connectivity index (χ2v) is 2.18. The van der Waals surface area contributed by atoms with E-state index in [1.54, 1.807) is 7.05 Å². The van der Waals surface area contributed by atoms with E-state index in [0.29, 0.717) is 5.56 Å². The first-order valence-electron chi connectivity index (χ1n) is 3.38. The molecule has 0 saturated carbocycles. The Bertz CT molecular complexity index is 277. The fourth-order valence-corrected chi connectivity index (χ4v) is 0.789. The summed E-state index contributed by atoms with van der Waals surface area (Å²) in [4.78, 5) is 0. The summed E-state index contributed by atoms with van der Waals surface area (Å²) in [6.45, 7) is 0. The lowest BCUT2D eigenvalue weighted by Crippen LogP contribution is -1.95. The topological polar surface area (TPSA) is 24.4 Å². The van der Waals surface area contributed by atoms with Crippen molar-refractivity contribution in [3.8, 4) is 0 Å². The van der Waals surface area contributed by atoms with Gasteiger partial charge in [0.2, 0.25) is 0 Å². The molecule has 0 bridgehead atoms. The Balaban J connectivity index is 2.93. The highest BCUT2D eigenvalue weighted by molar-refractivity contribution is 5.79. The van der Waals surface area contributed by atoms with Crippen molar-refractivity contribution in [2.75, 3.05) is 7.05 Å². The molecule has 4 heteroatoms. The molecule has 1 aromatic carbocycles. The predicted octanol–water partition coefficient (Wildman–Crippen LogP) is 1.52. The highest BCUT2D eigenvalue weighted by Crippen LogP contribution is 2.05. The monoisotopic (exact) mass is 170 g/mol. The Morgan fingerprint density at radius 1 is 1.25 bits per heavy atom. The van der Waals surface area contributed by atoms with Crippen LogP contribution < -0.4 is 5.43 Å². The molecule has 0 saturated heterocycles. The van der Waals surface area contributed by atoms with Crippen LogP contribution in [-0.4, -0.2) is 13.3 Å². The first kappa shape index (κ1) is 8.64. The molecule has 0 aliphatic rings. The summed E-state index contributed by atoms with van der Waals surface area (Å²) in [5, 5.41) is 3.62. The van der Waals surface area contributed by atoms with Gasteiger partial charge in [-0.2, -0.15) is 5.10 Å². The highest BCUT2D eigenvalue weighted by Gasteiger charge is 1.96. The molecule has 1 N–H and O–H groups in total. The van der Waals surface area contributed by atoms with Crippen LogP contribution in [0.5, 0.6) is 0 Å². The van der Waals surface area contributed by atoms with Crippen molar-refractivity contribution in [3.05, 3.63) is 35.4 Å². The van der Waals surface area contributed by atoms with Crippen LogP contribution in [-0.2, 0) is 0 Å². The zero-order chi connectivity index (χ0) is 8.97. The number of hydrazone groups is 1. The Morgan fingerprint density at radius 2 is 1.83 bits per heavy atom. The van der Waals surface area contributed by atoms with Gasteiger partial charge >= 0.3 is 0 Å². The van der Waals surface area contributed by atoms with Gasteiger partial charge in [-0.05, 0) is 12.1 Å². The largest absolute Gasteiger partial charge is 0.313 e. The maximum absolute atomic E-state index is 12.5. The molecule has 0 fully saturated rings. The number of rotatable bonds is 2. The Morgan fingerprint density at radius 3 is 2.33 bits per heavy atom. The molecule has 1 rings (SSSR count). The molecule has 2 nitrogen and oxygen atoms in total. The number of nitrogens with one attached hydrogen (secondary N) is 1. The van der Waals surface area contributed by atoms with E-state index in [1.165, 1.54) is 18.3 Å². The van der Waals surface area contributed by atoms with Crippen LogP contribution >= 0.6 is 0 Å². The van der Waals surface area contributed by atoms with Gasteiger partial charge in [-0.3, -0.25) is 0 Å². The molecule has 0 amide bonds. The number of benzene rings is 1. The molecular formula is C8H8F2N2. The quantitative estimate of drug-likeness (QED) is 0.528. The minimum atomic E-state index is -0.604. The van der Waals surface area contributed by atoms with Crippen molar-refractivity contribution >= 4 is 6.21 Å². The molecule has 0 radical (unpaired) electrons. The average molecular weight is 170 g/mol. The second-order valence-electron chi connectivity index (χ2n) is 2.18. The van der Waals surface area contributed by atoms with Crippen LogP contribution in [0.15, 0.2) is 23.3 Å². The van der Waals surface area contributed by atoms with E-state index >= 15 is 0 Å². The van der Waals surface area contributed by atoms with Crippen molar-refractivity contribution in [2.24, 2.45) is 5.10 Å². The number of nitrogens with zero attached hydrogens (tertiary/aromatic N) is 1. The van der Waals surface area contributed by atoms with Crippen molar-refractivity contribution in [1.29, 1.82) is 0 Å². The average Bonchev–Trinajstić information content (AvgIpc) is 1.99. The molecule has 0 spiro atoms. The standard InChI is InChI=1S/C8H8F2N2/c1-11-12-5-6-2-7(9)4-8(10)3-6/h2-5,11H,1H3/b12-5+. The summed E-state index contributed by atoms with van der Waals surface area (Å²) >= 11 is 0. The lowest BCUT2D eigenvalue weighted by Gasteiger charge is -1.94. The van der Waals surface area contributed by atoms with Crippen molar-refractivity contribution < 1.29 is 8.78 Å². The predicted molar refractivity (Wildman–Crippen MR) is 43.0 cm³/mol. The molecule has 0 heterocycles. The molecule has 12 heavy (non-hydrogen) atoms. The summed E-state index contributed by atoms with van der Waals surface area (Å²) in [7, 11) is 1.60. The third-order valence-electron chi connectivity index (χ3n) is 1.23. The van der Waals surface area contributed by atoms with E-state index in [0.717, 1.165) is 6.07 Å². The third kappa shape index (κ3) is 2.30. The van der Waals surface area contributed by atoms with Crippen LogP contribution in [0.25, 0.3) is 0 Å². The summed E-state index contributed by atoms with van der Waals surface area (Å²) in [5.41, 5.74) is 2.87. The van der Waals surface area contributed by atoms with E-state index in [1.807, 2.05) is 0 Å². The molecule has 1 aromatic rings. The van der Waals surface area contributed by atoms with Gasteiger partial charge in [0, 0.05) is 18.7 Å². The highest BCUT2D eigenvalue weighted by atomic mass is 19.1. The number of halogens is 2. The van der Waals surface area contributed by atoms with Gasteiger partial charge in [0.25, 0.3) is 0 Å². The summed E-state index contributed by atoms with van der Waals surface area (Å²) in [6.07, 6.45) is 1.34. The molecule has 0 aromatic heterocycles. The normalized spacial score (nSPS) is 10.6. The maximum Gasteiger partial charge on any atom is 0.126 e. The van der Waals surface area contributed by atoms with E-state index in [2.05, 4.69) is 10.5 Å². The van der Waals surface area contributed by atoms with Crippen LogP contribution in [0.2, 0.25) is 0 Å². The second kappa shape index (κ2) is 3.80. The summed E-state index contributed by atoms with van der Waals surface area (Å²) in [6, 6.07) is 3.21. The minimum Gasteiger partial charge on any atom is -0.313 e. The first-order valence-corrected chi connectivity index (χ1v) is 3.38. The molecule has 0 atom stereocenters. The van der Waals surface area contributed by atoms with Gasteiger partial charge in [0.15, 0.2) is 0 Å². The van der Waals surface area contributed by atoms with E-state index < -0.39 is 11.6 Å². The Kier molecular flexibility index (Phi) is 2.74. The maximum atomic E-state index is 12.5. The van der Waals surface area contributed by atoms with Gasteiger partial charge in [-0.1, -0.05) is 0 Å². The third-order valence-corrected chi connectivity index (χ3v) is 1.23. The van der Waals surface area contributed by atoms with E-state index in [4.69, 9.17) is 0 Å². The van der Waals surface area contributed by atoms with Crippen molar-refractivity contribution in [3.63, 3.8) is 0 Å². The van der Waals surface area contributed by atoms with Crippen LogP contribution in [0.1, 0.15) is 5.56 Å². The van der Waals surface area contributed by atoms with E-state index in [9.17, 15) is 8.78 Å². The van der Waals surface area contributed by atoms with Crippen LogP contribution in [0.4, 0.5) is 8.78 Å². The summed E-state index contributed by atoms with van der Waals surface area (Å²) < 4.78 is 25.1. The Hall–Kier alpha value is -1.45. The molecule has 64 valence electrons. The smallest absolute Gasteiger partial charge is 0.126 e. The van der Waals surface area contributed by atoms with Crippen molar-refractivity contribution in [1.82, 2.24) is 5.43 Å². The molecule has 0 aliphatic heterocycles. The minimum absolute atomic E-state index is 0.391. The zero-order valence-electron chi connectivity index (χ0n) is 6.51. The summed E-state index contributed by atoms with van der Waals surface area (Å²) in [5.74, 6) is -1.21. The number of hydrogen-bond donors (Lipinski definition) is 1. The molecular weight excluding hydrogens is 162 g/mol. The number of hydrogen-bond acceptors (Lipinski definition) is 2. The van der Waals surface area contributed by atoms with Crippen LogP contribution in [0.3, 0.4) is 0 Å². The first-order chi connectivity index (χ1) is 5.72. The Labute approximate surface area is 68.9 Å². The van der Waals surface area contributed by atoms with Gasteiger partial charge < -0.3 is 5.43 Å². The van der Waals surface area contributed by atoms with Gasteiger partial charge in [-0.25, -0.2) is 8.78 Å². The van der Waals surface area contributed by atoms with Gasteiger partial charge in [0.05, 0.1) is 6.21 Å². The molecule has 0 unspecified atom stereocenters. The lowest BCUT2D eigenvalue weighted by molar-refractivity contribution is 0.583. The van der Waals surface area contributed by atoms with Crippen molar-refractivity contribution in [2.45, 2.75) is 0 Å².